The van der Waals surface area contributed by atoms with Crippen LogP contribution in [0.4, 0.5) is 0 Å². The Hall–Kier alpha value is -0.830. The highest BCUT2D eigenvalue weighted by atomic mass is 16.3. The molecule has 3 unspecified atom stereocenters. The van der Waals surface area contributed by atoms with Gasteiger partial charge >= 0.3 is 0 Å². The molecule has 1 aliphatic rings. The minimum atomic E-state index is -0.317. The Morgan fingerprint density at radius 2 is 2.40 bits per heavy atom. The first-order valence-electron chi connectivity index (χ1n) is 5.92. The molecule has 1 aromatic rings. The van der Waals surface area contributed by atoms with Gasteiger partial charge in [0.25, 0.3) is 0 Å². The molecule has 0 spiro atoms. The summed E-state index contributed by atoms with van der Waals surface area (Å²) < 4.78 is 1.87. The lowest BCUT2D eigenvalue weighted by Crippen LogP contribution is -2.14. The van der Waals surface area contributed by atoms with Crippen molar-refractivity contribution >= 4 is 0 Å². The molecule has 1 aromatic heterocycles. The van der Waals surface area contributed by atoms with Gasteiger partial charge in [0.1, 0.15) is 0 Å². The van der Waals surface area contributed by atoms with Crippen LogP contribution in [0.25, 0.3) is 0 Å². The molecule has 0 bridgehead atoms. The maximum absolute atomic E-state index is 10.2. The fraction of sp³-hybridized carbons (Fsp3) is 0.750. The Kier molecular flexibility index (Phi) is 3.10. The van der Waals surface area contributed by atoms with E-state index in [1.807, 2.05) is 10.9 Å². The first-order valence-corrected chi connectivity index (χ1v) is 5.92. The van der Waals surface area contributed by atoms with E-state index in [9.17, 15) is 5.11 Å². The van der Waals surface area contributed by atoms with Gasteiger partial charge in [0, 0.05) is 18.3 Å². The van der Waals surface area contributed by atoms with E-state index in [0.717, 1.165) is 18.5 Å². The summed E-state index contributed by atoms with van der Waals surface area (Å²) in [5.41, 5.74) is 0.982. The molecule has 1 saturated carbocycles. The molecule has 2 rings (SSSR count). The highest BCUT2D eigenvalue weighted by Gasteiger charge is 2.31. The molecule has 1 heterocycles. The Morgan fingerprint density at radius 1 is 1.60 bits per heavy atom. The standard InChI is InChI=1S/C12H20N2O/c1-3-14-8-10(7-13-14)12(15)11-6-4-5-9(11)2/h7-9,11-12,15H,3-6H2,1-2H3. The molecule has 1 aliphatic carbocycles. The maximum Gasteiger partial charge on any atom is 0.0851 e. The first-order chi connectivity index (χ1) is 7.22. The zero-order valence-corrected chi connectivity index (χ0v) is 9.56. The largest absolute Gasteiger partial charge is 0.388 e. The van der Waals surface area contributed by atoms with E-state index in [-0.39, 0.29) is 6.10 Å². The van der Waals surface area contributed by atoms with Crippen molar-refractivity contribution in [1.29, 1.82) is 0 Å². The summed E-state index contributed by atoms with van der Waals surface area (Å²) in [7, 11) is 0. The molecule has 0 aliphatic heterocycles. The van der Waals surface area contributed by atoms with Crippen molar-refractivity contribution in [2.24, 2.45) is 11.8 Å². The molecule has 3 heteroatoms. The molecule has 84 valence electrons. The van der Waals surface area contributed by atoms with Crippen molar-refractivity contribution < 1.29 is 5.11 Å². The van der Waals surface area contributed by atoms with Crippen LogP contribution in [-0.4, -0.2) is 14.9 Å². The summed E-state index contributed by atoms with van der Waals surface area (Å²) in [4.78, 5) is 0. The van der Waals surface area contributed by atoms with Gasteiger partial charge in [-0.2, -0.15) is 5.10 Å². The lowest BCUT2D eigenvalue weighted by molar-refractivity contribution is 0.0900. The van der Waals surface area contributed by atoms with Crippen LogP contribution in [0.3, 0.4) is 0 Å². The minimum absolute atomic E-state index is 0.317. The number of hydrogen-bond donors (Lipinski definition) is 1. The molecule has 3 nitrogen and oxygen atoms in total. The topological polar surface area (TPSA) is 38.0 Å². The van der Waals surface area contributed by atoms with E-state index >= 15 is 0 Å². The molecule has 1 N–H and O–H groups in total. The summed E-state index contributed by atoms with van der Waals surface area (Å²) in [6.45, 7) is 5.17. The van der Waals surface area contributed by atoms with Gasteiger partial charge in [0.2, 0.25) is 0 Å². The second-order valence-corrected chi connectivity index (χ2v) is 4.65. The summed E-state index contributed by atoms with van der Waals surface area (Å²) in [5.74, 6) is 1.07. The second kappa shape index (κ2) is 4.35. The number of aliphatic hydroxyl groups excluding tert-OH is 1. The van der Waals surface area contributed by atoms with Crippen LogP contribution in [-0.2, 0) is 6.54 Å². The number of rotatable bonds is 3. The number of aliphatic hydroxyl groups is 1. The van der Waals surface area contributed by atoms with E-state index in [2.05, 4.69) is 18.9 Å². The van der Waals surface area contributed by atoms with Crippen LogP contribution in [0.2, 0.25) is 0 Å². The van der Waals surface area contributed by atoms with E-state index in [4.69, 9.17) is 0 Å². The van der Waals surface area contributed by atoms with Gasteiger partial charge in [-0.05, 0) is 25.2 Å². The predicted molar refractivity (Wildman–Crippen MR) is 59.4 cm³/mol. The van der Waals surface area contributed by atoms with Crippen molar-refractivity contribution in [1.82, 2.24) is 9.78 Å². The molecular formula is C12H20N2O. The van der Waals surface area contributed by atoms with Crippen LogP contribution in [0, 0.1) is 11.8 Å². The average Bonchev–Trinajstić information content (AvgIpc) is 2.84. The van der Waals surface area contributed by atoms with E-state index in [0.29, 0.717) is 11.8 Å². The van der Waals surface area contributed by atoms with Gasteiger partial charge in [-0.15, -0.1) is 0 Å². The predicted octanol–water partition coefficient (Wildman–Crippen LogP) is 2.37. The lowest BCUT2D eigenvalue weighted by Gasteiger charge is -2.20. The van der Waals surface area contributed by atoms with Gasteiger partial charge < -0.3 is 5.11 Å². The molecule has 0 amide bonds. The normalized spacial score (nSPS) is 28.2. The molecule has 15 heavy (non-hydrogen) atoms. The highest BCUT2D eigenvalue weighted by molar-refractivity contribution is 5.10. The molecule has 0 aromatic carbocycles. The van der Waals surface area contributed by atoms with Gasteiger partial charge in [0.05, 0.1) is 12.3 Å². The van der Waals surface area contributed by atoms with Crippen LogP contribution in [0.5, 0.6) is 0 Å². The van der Waals surface area contributed by atoms with Crippen molar-refractivity contribution in [2.75, 3.05) is 0 Å². The van der Waals surface area contributed by atoms with Crippen molar-refractivity contribution in [2.45, 2.75) is 45.8 Å². The van der Waals surface area contributed by atoms with E-state index < -0.39 is 0 Å². The van der Waals surface area contributed by atoms with Gasteiger partial charge in [0.15, 0.2) is 0 Å². The Balaban J connectivity index is 2.09. The number of hydrogen-bond acceptors (Lipinski definition) is 2. The van der Waals surface area contributed by atoms with Crippen molar-refractivity contribution in [3.63, 3.8) is 0 Å². The summed E-state index contributed by atoms with van der Waals surface area (Å²) in [5, 5.41) is 14.5. The third-order valence-electron chi connectivity index (χ3n) is 3.65. The Bertz CT molecular complexity index is 321. The fourth-order valence-corrected chi connectivity index (χ4v) is 2.60. The number of aryl methyl sites for hydroxylation is 1. The quantitative estimate of drug-likeness (QED) is 0.828. The van der Waals surface area contributed by atoms with Crippen LogP contribution in [0.15, 0.2) is 12.4 Å². The van der Waals surface area contributed by atoms with Gasteiger partial charge in [-0.25, -0.2) is 0 Å². The Morgan fingerprint density at radius 3 is 2.93 bits per heavy atom. The fourth-order valence-electron chi connectivity index (χ4n) is 2.60. The minimum Gasteiger partial charge on any atom is -0.388 e. The molecule has 0 radical (unpaired) electrons. The molecule has 1 fully saturated rings. The third kappa shape index (κ3) is 2.07. The highest BCUT2D eigenvalue weighted by Crippen LogP contribution is 2.39. The van der Waals surface area contributed by atoms with E-state index in [1.165, 1.54) is 12.8 Å². The zero-order chi connectivity index (χ0) is 10.8. The maximum atomic E-state index is 10.2. The van der Waals surface area contributed by atoms with Gasteiger partial charge in [-0.1, -0.05) is 19.8 Å². The van der Waals surface area contributed by atoms with Crippen LogP contribution < -0.4 is 0 Å². The smallest absolute Gasteiger partial charge is 0.0851 e. The third-order valence-corrected chi connectivity index (χ3v) is 3.65. The zero-order valence-electron chi connectivity index (χ0n) is 9.56. The van der Waals surface area contributed by atoms with Crippen LogP contribution >= 0.6 is 0 Å². The van der Waals surface area contributed by atoms with Crippen molar-refractivity contribution in [3.8, 4) is 0 Å². The lowest BCUT2D eigenvalue weighted by atomic mass is 9.89. The second-order valence-electron chi connectivity index (χ2n) is 4.65. The summed E-state index contributed by atoms with van der Waals surface area (Å²) >= 11 is 0. The first kappa shape index (κ1) is 10.7. The number of aromatic nitrogens is 2. The van der Waals surface area contributed by atoms with Crippen molar-refractivity contribution in [3.05, 3.63) is 18.0 Å². The summed E-state index contributed by atoms with van der Waals surface area (Å²) in [6, 6.07) is 0. The van der Waals surface area contributed by atoms with E-state index in [1.54, 1.807) is 6.20 Å². The number of nitrogens with zero attached hydrogens (tertiary/aromatic N) is 2. The average molecular weight is 208 g/mol. The Labute approximate surface area is 91.1 Å². The molecule has 3 atom stereocenters. The van der Waals surface area contributed by atoms with Crippen LogP contribution in [0.1, 0.15) is 44.8 Å². The molecular weight excluding hydrogens is 188 g/mol. The summed E-state index contributed by atoms with van der Waals surface area (Å²) in [6.07, 6.45) is 7.12. The monoisotopic (exact) mass is 208 g/mol. The molecule has 0 saturated heterocycles. The SMILES string of the molecule is CCn1cc(C(O)C2CCCC2C)cn1. The van der Waals surface area contributed by atoms with Gasteiger partial charge in [-0.3, -0.25) is 4.68 Å².